The maximum atomic E-state index is 13.1. The number of hydrogen-bond acceptors (Lipinski definition) is 17. The minimum Gasteiger partial charge on any atom is -0.432 e. The summed E-state index contributed by atoms with van der Waals surface area (Å²) in [5, 5.41) is 0. The van der Waals surface area contributed by atoms with Crippen LogP contribution in [-0.2, 0) is 53.3 Å². The van der Waals surface area contributed by atoms with Crippen molar-refractivity contribution >= 4 is 54.6 Å². The van der Waals surface area contributed by atoms with Gasteiger partial charge in [0.25, 0.3) is 0 Å². The summed E-state index contributed by atoms with van der Waals surface area (Å²) in [5.74, 6) is 0.237. The number of fused-ring (bicyclic) bond motifs is 1. The molecule has 0 spiro atoms. The van der Waals surface area contributed by atoms with Gasteiger partial charge in [0, 0.05) is 0 Å². The number of imidazole rings is 1. The van der Waals surface area contributed by atoms with Crippen LogP contribution in [0.25, 0.3) is 11.2 Å². The van der Waals surface area contributed by atoms with Gasteiger partial charge < -0.3 is 43.5 Å². The lowest BCUT2D eigenvalue weighted by molar-refractivity contribution is -0.0369. The zero-order chi connectivity index (χ0) is 33.3. The topological polar surface area (TPSA) is 221 Å². The smallest absolute Gasteiger partial charge is 0.432 e. The Kier molecular flexibility index (Phi) is 17.3. The number of nitrogens with two attached hydrogens (primary N) is 1. The first-order valence-corrected chi connectivity index (χ1v) is 15.4. The molecular formula is C24H39ClN5O13P. The van der Waals surface area contributed by atoms with Crippen molar-refractivity contribution in [3.05, 3.63) is 12.7 Å². The number of aromatic nitrogens is 4. The summed E-state index contributed by atoms with van der Waals surface area (Å²) in [7, 11) is -4.06. The lowest BCUT2D eigenvalue weighted by Gasteiger charge is -2.21. The van der Waals surface area contributed by atoms with Gasteiger partial charge in [-0.05, 0) is 48.5 Å². The van der Waals surface area contributed by atoms with Crippen molar-refractivity contribution in [2.24, 2.45) is 0 Å². The molecule has 0 amide bonds. The van der Waals surface area contributed by atoms with Gasteiger partial charge >= 0.3 is 26.1 Å². The monoisotopic (exact) mass is 671 g/mol. The van der Waals surface area contributed by atoms with E-state index >= 15 is 0 Å². The third kappa shape index (κ3) is 15.9. The van der Waals surface area contributed by atoms with Crippen LogP contribution in [0, 0.1) is 0 Å². The molecule has 20 heteroatoms. The SMILES string of the molecule is CC(C)OC(=O)OCCl.CC(C)OC(=O)OCOP(=O)(CO[C@H](C)Cn1cnc2c(N)ncnc21)OCOC(=O)OC(C)C. The molecule has 2 rings (SSSR count). The Balaban J connectivity index is 0.000000930. The number of carbonyl (C=O) groups excluding carboxylic acids is 3. The van der Waals surface area contributed by atoms with Crippen LogP contribution in [0.4, 0.5) is 20.2 Å². The highest BCUT2D eigenvalue weighted by atomic mass is 35.5. The fraction of sp³-hybridized carbons (Fsp3) is 0.667. The minimum absolute atomic E-state index is 0.152. The van der Waals surface area contributed by atoms with Crippen LogP contribution in [0.2, 0.25) is 0 Å². The zero-order valence-electron chi connectivity index (χ0n) is 25.5. The van der Waals surface area contributed by atoms with Gasteiger partial charge in [-0.2, -0.15) is 0 Å². The lowest BCUT2D eigenvalue weighted by Crippen LogP contribution is -2.20. The largest absolute Gasteiger partial charge is 0.510 e. The summed E-state index contributed by atoms with van der Waals surface area (Å²) < 4.78 is 58.5. The van der Waals surface area contributed by atoms with E-state index < -0.39 is 64.3 Å². The second-order valence-corrected chi connectivity index (χ2v) is 11.5. The van der Waals surface area contributed by atoms with Gasteiger partial charge in [-0.1, -0.05) is 11.6 Å². The van der Waals surface area contributed by atoms with Crippen molar-refractivity contribution < 1.29 is 61.2 Å². The van der Waals surface area contributed by atoms with Crippen molar-refractivity contribution in [2.75, 3.05) is 31.7 Å². The van der Waals surface area contributed by atoms with Gasteiger partial charge in [-0.25, -0.2) is 29.3 Å². The molecule has 0 saturated carbocycles. The predicted octanol–water partition coefficient (Wildman–Crippen LogP) is 4.78. The lowest BCUT2D eigenvalue weighted by atomic mass is 10.4. The third-order valence-corrected chi connectivity index (χ3v) is 5.99. The number of rotatable bonds is 15. The van der Waals surface area contributed by atoms with E-state index in [1.807, 2.05) is 0 Å². The first kappa shape index (κ1) is 38.6. The second-order valence-electron chi connectivity index (χ2n) is 9.33. The van der Waals surface area contributed by atoms with Crippen molar-refractivity contribution in [1.82, 2.24) is 19.5 Å². The summed E-state index contributed by atoms with van der Waals surface area (Å²) >= 11 is 5.06. The summed E-state index contributed by atoms with van der Waals surface area (Å²) in [6.07, 6.45) is -2.01. The molecule has 2 aromatic heterocycles. The van der Waals surface area contributed by atoms with E-state index in [1.165, 1.54) is 12.7 Å². The average Bonchev–Trinajstić information content (AvgIpc) is 3.30. The molecule has 0 aliphatic carbocycles. The first-order valence-electron chi connectivity index (χ1n) is 13.1. The Morgan fingerprint density at radius 3 is 1.82 bits per heavy atom. The van der Waals surface area contributed by atoms with E-state index in [1.54, 1.807) is 53.0 Å². The number of ether oxygens (including phenoxy) is 7. The van der Waals surface area contributed by atoms with E-state index in [9.17, 15) is 18.9 Å². The molecule has 44 heavy (non-hydrogen) atoms. The van der Waals surface area contributed by atoms with Gasteiger partial charge in [0.15, 0.2) is 17.5 Å². The number of anilines is 1. The molecule has 18 nitrogen and oxygen atoms in total. The molecule has 0 saturated heterocycles. The van der Waals surface area contributed by atoms with Crippen molar-refractivity contribution in [1.29, 1.82) is 0 Å². The van der Waals surface area contributed by atoms with Crippen LogP contribution in [0.15, 0.2) is 12.7 Å². The normalized spacial score (nSPS) is 12.0. The van der Waals surface area contributed by atoms with Gasteiger partial charge in [0.05, 0.1) is 37.3 Å². The molecule has 2 heterocycles. The van der Waals surface area contributed by atoms with Crippen LogP contribution in [0.1, 0.15) is 48.5 Å². The van der Waals surface area contributed by atoms with Gasteiger partial charge in [0.1, 0.15) is 18.2 Å². The molecule has 0 aliphatic rings. The van der Waals surface area contributed by atoms with Gasteiger partial charge in [-0.15, -0.1) is 0 Å². The number of nitrogen functional groups attached to an aromatic ring is 1. The third-order valence-electron chi connectivity index (χ3n) is 4.42. The number of halogens is 1. The summed E-state index contributed by atoms with van der Waals surface area (Å²) in [6, 6.07) is -0.161. The fourth-order valence-electron chi connectivity index (χ4n) is 2.73. The molecule has 0 aromatic carbocycles. The average molecular weight is 672 g/mol. The molecule has 0 unspecified atom stereocenters. The predicted molar refractivity (Wildman–Crippen MR) is 153 cm³/mol. The Hall–Kier alpha value is -3.44. The number of alkyl halides is 1. The van der Waals surface area contributed by atoms with E-state index in [-0.39, 0.29) is 24.5 Å². The Bertz CT molecular complexity index is 1200. The number of carbonyl (C=O) groups is 3. The molecule has 0 fully saturated rings. The quantitative estimate of drug-likeness (QED) is 0.0884. The minimum atomic E-state index is -4.06. The van der Waals surface area contributed by atoms with Crippen molar-refractivity contribution in [2.45, 2.75) is 79.4 Å². The second kappa shape index (κ2) is 19.8. The molecule has 0 bridgehead atoms. The maximum absolute atomic E-state index is 13.1. The molecule has 2 aromatic rings. The molecule has 250 valence electrons. The van der Waals surface area contributed by atoms with E-state index in [0.29, 0.717) is 11.2 Å². The standard InChI is InChI=1S/C19H30N5O10P.C5H9ClO3/c1-12(2)33-18(25)28-9-31-35(27,32-10-29-19(26)34-13(3)4)11-30-14(5)6-24-8-23-15-16(20)21-7-22-17(15)24;1-4(2)9-5(7)8-3-6/h7-8,12-14H,6,9-11H2,1-5H3,(H2,20,21,22);4H,3H2,1-2H3/t14-;/m1./s1. The van der Waals surface area contributed by atoms with Crippen LogP contribution in [0.3, 0.4) is 0 Å². The highest BCUT2D eigenvalue weighted by Crippen LogP contribution is 2.48. The van der Waals surface area contributed by atoms with Crippen molar-refractivity contribution in [3.63, 3.8) is 0 Å². The molecule has 1 atom stereocenters. The van der Waals surface area contributed by atoms with Crippen LogP contribution in [-0.4, -0.2) is 88.4 Å². The fourth-order valence-corrected chi connectivity index (χ4v) is 3.90. The van der Waals surface area contributed by atoms with Crippen LogP contribution < -0.4 is 5.73 Å². The number of hydrogen-bond donors (Lipinski definition) is 1. The van der Waals surface area contributed by atoms with E-state index in [4.69, 9.17) is 50.1 Å². The molecule has 2 N–H and O–H groups in total. The Labute approximate surface area is 259 Å². The first-order chi connectivity index (χ1) is 20.7. The van der Waals surface area contributed by atoms with Crippen LogP contribution in [0.5, 0.6) is 0 Å². The maximum Gasteiger partial charge on any atom is 0.510 e. The van der Waals surface area contributed by atoms with E-state index in [2.05, 4.69) is 24.4 Å². The Morgan fingerprint density at radius 1 is 0.841 bits per heavy atom. The molecule has 0 aliphatic heterocycles. The molecule has 0 radical (unpaired) electrons. The summed E-state index contributed by atoms with van der Waals surface area (Å²) in [5.41, 5.74) is 6.72. The van der Waals surface area contributed by atoms with Gasteiger partial charge in [0.2, 0.25) is 13.6 Å². The zero-order valence-corrected chi connectivity index (χ0v) is 27.1. The summed E-state index contributed by atoms with van der Waals surface area (Å²) in [4.78, 5) is 45.6. The Morgan fingerprint density at radius 2 is 1.34 bits per heavy atom. The molecular weight excluding hydrogens is 633 g/mol. The number of nitrogens with zero attached hydrogens (tertiary/aromatic N) is 4. The van der Waals surface area contributed by atoms with Crippen molar-refractivity contribution in [3.8, 4) is 0 Å². The van der Waals surface area contributed by atoms with Crippen LogP contribution >= 0.6 is 19.2 Å². The van der Waals surface area contributed by atoms with Gasteiger partial charge in [-0.3, -0.25) is 13.6 Å². The highest BCUT2D eigenvalue weighted by Gasteiger charge is 2.29. The van der Waals surface area contributed by atoms with E-state index in [0.717, 1.165) is 0 Å². The summed E-state index contributed by atoms with van der Waals surface area (Å²) in [6.45, 7) is 10.4. The highest BCUT2D eigenvalue weighted by molar-refractivity contribution is 7.53.